The minimum atomic E-state index is -1.02. The predicted molar refractivity (Wildman–Crippen MR) is 87.1 cm³/mol. The van der Waals surface area contributed by atoms with Crippen LogP contribution in [0.2, 0.25) is 0 Å². The van der Waals surface area contributed by atoms with E-state index in [1.54, 1.807) is 0 Å². The molecular formula is C17H21NO2S. The van der Waals surface area contributed by atoms with E-state index in [-0.39, 0.29) is 6.04 Å². The molecule has 2 rings (SSSR count). The van der Waals surface area contributed by atoms with Gasteiger partial charge in [-0.05, 0) is 43.8 Å². The zero-order valence-electron chi connectivity index (χ0n) is 12.4. The fraction of sp³-hybridized carbons (Fsp3) is 0.294. The second-order valence-corrected chi connectivity index (χ2v) is 6.16. The lowest BCUT2D eigenvalue weighted by Crippen LogP contribution is -2.22. The summed E-state index contributed by atoms with van der Waals surface area (Å²) < 4.78 is 17.8. The van der Waals surface area contributed by atoms with Crippen molar-refractivity contribution in [2.75, 3.05) is 19.4 Å². The number of hydrogen-bond donors (Lipinski definition) is 1. The Hall–Kier alpha value is -1.65. The van der Waals surface area contributed by atoms with Crippen LogP contribution < -0.4 is 10.1 Å². The summed E-state index contributed by atoms with van der Waals surface area (Å²) in [5, 5.41) is 3.24. The molecule has 3 nitrogen and oxygen atoms in total. The van der Waals surface area contributed by atoms with Gasteiger partial charge in [0.25, 0.3) is 0 Å². The molecule has 0 fully saturated rings. The highest BCUT2D eigenvalue weighted by Gasteiger charge is 2.14. The fourth-order valence-corrected chi connectivity index (χ4v) is 3.44. The molecule has 112 valence electrons. The van der Waals surface area contributed by atoms with Crippen molar-refractivity contribution in [3.8, 4) is 5.75 Å². The second kappa shape index (κ2) is 7.96. The standard InChI is InChI=1S/C17H21NO2S/c1-3-20-15-11-9-14(10-12-15)17(18-2)13-21(19)16-7-5-4-6-8-16/h4-12,17-18H,3,13H2,1-2H3. The lowest BCUT2D eigenvalue weighted by molar-refractivity contribution is 0.340. The lowest BCUT2D eigenvalue weighted by atomic mass is 10.1. The van der Waals surface area contributed by atoms with Gasteiger partial charge in [-0.25, -0.2) is 0 Å². The summed E-state index contributed by atoms with van der Waals surface area (Å²) in [4.78, 5) is 0.865. The van der Waals surface area contributed by atoms with Crippen LogP contribution in [0.1, 0.15) is 18.5 Å². The summed E-state index contributed by atoms with van der Waals surface area (Å²) in [6.45, 7) is 2.63. The largest absolute Gasteiger partial charge is 0.494 e. The van der Waals surface area contributed by atoms with E-state index in [1.165, 1.54) is 0 Å². The summed E-state index contributed by atoms with van der Waals surface area (Å²) >= 11 is 0. The first kappa shape index (κ1) is 15.7. The number of rotatable bonds is 7. The average molecular weight is 303 g/mol. The molecule has 2 atom stereocenters. The molecular weight excluding hydrogens is 282 g/mol. The monoisotopic (exact) mass is 303 g/mol. The second-order valence-electron chi connectivity index (χ2n) is 4.67. The third-order valence-electron chi connectivity index (χ3n) is 3.27. The zero-order chi connectivity index (χ0) is 15.1. The van der Waals surface area contributed by atoms with Gasteiger partial charge >= 0.3 is 0 Å². The summed E-state index contributed by atoms with van der Waals surface area (Å²) in [5.74, 6) is 1.41. The van der Waals surface area contributed by atoms with Crippen molar-refractivity contribution in [3.05, 3.63) is 60.2 Å². The van der Waals surface area contributed by atoms with Crippen molar-refractivity contribution < 1.29 is 8.95 Å². The molecule has 0 saturated heterocycles. The molecule has 4 heteroatoms. The van der Waals surface area contributed by atoms with Crippen LogP contribution in [0.5, 0.6) is 5.75 Å². The molecule has 2 aromatic carbocycles. The third kappa shape index (κ3) is 4.41. The van der Waals surface area contributed by atoms with Crippen molar-refractivity contribution in [3.63, 3.8) is 0 Å². The van der Waals surface area contributed by atoms with Gasteiger partial charge in [0.15, 0.2) is 0 Å². The molecule has 2 aromatic rings. The third-order valence-corrected chi connectivity index (χ3v) is 4.70. The van der Waals surface area contributed by atoms with Crippen molar-refractivity contribution >= 4 is 10.8 Å². The van der Waals surface area contributed by atoms with Gasteiger partial charge in [-0.3, -0.25) is 4.21 Å². The molecule has 0 heterocycles. The molecule has 0 saturated carbocycles. The van der Waals surface area contributed by atoms with Crippen molar-refractivity contribution in [1.82, 2.24) is 5.32 Å². The van der Waals surface area contributed by atoms with Gasteiger partial charge in [0, 0.05) is 16.7 Å². The van der Waals surface area contributed by atoms with Crippen LogP contribution in [0.15, 0.2) is 59.5 Å². The summed E-state index contributed by atoms with van der Waals surface area (Å²) in [7, 11) is 0.876. The summed E-state index contributed by atoms with van der Waals surface area (Å²) in [5.41, 5.74) is 1.12. The number of nitrogens with one attached hydrogen (secondary N) is 1. The molecule has 0 radical (unpaired) electrons. The maximum absolute atomic E-state index is 12.4. The Labute approximate surface area is 128 Å². The topological polar surface area (TPSA) is 38.3 Å². The highest BCUT2D eigenvalue weighted by Crippen LogP contribution is 2.20. The van der Waals surface area contributed by atoms with Crippen LogP contribution in [-0.2, 0) is 10.8 Å². The Morgan fingerprint density at radius 1 is 1.10 bits per heavy atom. The minimum absolute atomic E-state index is 0.0571. The highest BCUT2D eigenvalue weighted by atomic mass is 32.2. The molecule has 0 aliphatic heterocycles. The molecule has 1 N–H and O–H groups in total. The number of hydrogen-bond acceptors (Lipinski definition) is 3. The van der Waals surface area contributed by atoms with E-state index in [1.807, 2.05) is 68.6 Å². The van der Waals surface area contributed by atoms with E-state index in [9.17, 15) is 4.21 Å². The molecule has 0 amide bonds. The summed E-state index contributed by atoms with van der Waals surface area (Å²) in [6, 6.07) is 17.6. The molecule has 21 heavy (non-hydrogen) atoms. The Morgan fingerprint density at radius 3 is 2.33 bits per heavy atom. The van der Waals surface area contributed by atoms with Gasteiger partial charge in [0.1, 0.15) is 5.75 Å². The van der Waals surface area contributed by atoms with Gasteiger partial charge in [-0.2, -0.15) is 0 Å². The molecule has 0 aliphatic rings. The van der Waals surface area contributed by atoms with E-state index < -0.39 is 10.8 Å². The number of benzene rings is 2. The summed E-state index contributed by atoms with van der Waals surface area (Å²) in [6.07, 6.45) is 0. The molecule has 2 unspecified atom stereocenters. The molecule has 0 spiro atoms. The van der Waals surface area contributed by atoms with Gasteiger partial charge in [-0.1, -0.05) is 30.3 Å². The van der Waals surface area contributed by atoms with Gasteiger partial charge in [-0.15, -0.1) is 0 Å². The fourth-order valence-electron chi connectivity index (χ4n) is 2.13. The Kier molecular flexibility index (Phi) is 5.96. The first-order chi connectivity index (χ1) is 10.2. The Morgan fingerprint density at radius 2 is 1.76 bits per heavy atom. The molecule has 0 aliphatic carbocycles. The average Bonchev–Trinajstić information content (AvgIpc) is 2.54. The van der Waals surface area contributed by atoms with Gasteiger partial charge < -0.3 is 10.1 Å². The van der Waals surface area contributed by atoms with E-state index in [0.29, 0.717) is 12.4 Å². The van der Waals surface area contributed by atoms with E-state index in [2.05, 4.69) is 5.32 Å². The first-order valence-electron chi connectivity index (χ1n) is 7.08. The molecule has 0 aromatic heterocycles. The quantitative estimate of drug-likeness (QED) is 0.854. The van der Waals surface area contributed by atoms with Crippen molar-refractivity contribution in [2.24, 2.45) is 0 Å². The van der Waals surface area contributed by atoms with Crippen LogP contribution in [0.3, 0.4) is 0 Å². The van der Waals surface area contributed by atoms with Crippen molar-refractivity contribution in [1.29, 1.82) is 0 Å². The maximum Gasteiger partial charge on any atom is 0.119 e. The smallest absolute Gasteiger partial charge is 0.119 e. The zero-order valence-corrected chi connectivity index (χ0v) is 13.2. The lowest BCUT2D eigenvalue weighted by Gasteiger charge is -2.17. The molecule has 0 bridgehead atoms. The van der Waals surface area contributed by atoms with Crippen molar-refractivity contribution in [2.45, 2.75) is 17.9 Å². The highest BCUT2D eigenvalue weighted by molar-refractivity contribution is 7.85. The van der Waals surface area contributed by atoms with E-state index in [0.717, 1.165) is 16.2 Å². The Bertz CT molecular complexity index is 569. The first-order valence-corrected chi connectivity index (χ1v) is 8.40. The normalized spacial score (nSPS) is 13.6. The van der Waals surface area contributed by atoms with Crippen LogP contribution in [0.4, 0.5) is 0 Å². The predicted octanol–water partition coefficient (Wildman–Crippen LogP) is 3.15. The SMILES string of the molecule is CCOc1ccc(C(CS(=O)c2ccccc2)NC)cc1. The van der Waals surface area contributed by atoms with Crippen LogP contribution in [-0.4, -0.2) is 23.6 Å². The van der Waals surface area contributed by atoms with E-state index in [4.69, 9.17) is 4.74 Å². The van der Waals surface area contributed by atoms with Crippen LogP contribution in [0.25, 0.3) is 0 Å². The maximum atomic E-state index is 12.4. The van der Waals surface area contributed by atoms with Gasteiger partial charge in [0.05, 0.1) is 17.4 Å². The Balaban J connectivity index is 2.07. The number of ether oxygens (including phenoxy) is 1. The minimum Gasteiger partial charge on any atom is -0.494 e. The van der Waals surface area contributed by atoms with Crippen LogP contribution >= 0.6 is 0 Å². The van der Waals surface area contributed by atoms with E-state index >= 15 is 0 Å². The van der Waals surface area contributed by atoms with Gasteiger partial charge in [0.2, 0.25) is 0 Å². The van der Waals surface area contributed by atoms with Crippen LogP contribution in [0, 0.1) is 0 Å².